The zero-order valence-corrected chi connectivity index (χ0v) is 10.4. The molecule has 0 saturated heterocycles. The highest BCUT2D eigenvalue weighted by atomic mass is 32.1. The van der Waals surface area contributed by atoms with E-state index < -0.39 is 34.6 Å². The van der Waals surface area contributed by atoms with Crippen LogP contribution < -0.4 is 0 Å². The molecule has 0 amide bonds. The van der Waals surface area contributed by atoms with Gasteiger partial charge in [0.25, 0.3) is 0 Å². The van der Waals surface area contributed by atoms with Gasteiger partial charge in [-0.05, 0) is 24.3 Å². The van der Waals surface area contributed by atoms with Crippen LogP contribution in [0.2, 0.25) is 0 Å². The molecular formula is C13H4F5NS. The number of rotatable bonds is 1. The predicted octanol–water partition coefficient (Wildman–Crippen LogP) is 4.66. The van der Waals surface area contributed by atoms with Gasteiger partial charge in [-0.15, -0.1) is 11.3 Å². The van der Waals surface area contributed by atoms with Gasteiger partial charge in [-0.2, -0.15) is 0 Å². The zero-order chi connectivity index (χ0) is 14.4. The molecule has 20 heavy (non-hydrogen) atoms. The first-order valence-electron chi connectivity index (χ1n) is 5.37. The summed E-state index contributed by atoms with van der Waals surface area (Å²) in [6.45, 7) is 0. The fourth-order valence-electron chi connectivity index (χ4n) is 1.74. The SMILES string of the molecule is Fc1ccc2nc(-c3cc(F)c(F)c(F)c3F)sc2c1. The smallest absolute Gasteiger partial charge is 0.198 e. The highest BCUT2D eigenvalue weighted by molar-refractivity contribution is 7.21. The maximum atomic E-state index is 13.6. The first-order chi connectivity index (χ1) is 9.47. The van der Waals surface area contributed by atoms with Crippen molar-refractivity contribution >= 4 is 21.6 Å². The Morgan fingerprint density at radius 3 is 2.35 bits per heavy atom. The van der Waals surface area contributed by atoms with Gasteiger partial charge in [0, 0.05) is 0 Å². The Kier molecular flexibility index (Phi) is 2.93. The molecule has 0 saturated carbocycles. The molecule has 0 fully saturated rings. The number of aromatic nitrogens is 1. The van der Waals surface area contributed by atoms with E-state index in [1.54, 1.807) is 0 Å². The molecule has 0 N–H and O–H groups in total. The third kappa shape index (κ3) is 1.94. The fraction of sp³-hybridized carbons (Fsp3) is 0. The molecule has 0 aliphatic heterocycles. The van der Waals surface area contributed by atoms with E-state index in [9.17, 15) is 22.0 Å². The van der Waals surface area contributed by atoms with Crippen molar-refractivity contribution in [3.8, 4) is 10.6 Å². The second-order valence-corrected chi connectivity index (χ2v) is 5.01. The summed E-state index contributed by atoms with van der Waals surface area (Å²) in [5.41, 5.74) is -0.140. The van der Waals surface area contributed by atoms with Gasteiger partial charge in [0.05, 0.1) is 15.8 Å². The minimum Gasteiger partial charge on any atom is -0.236 e. The van der Waals surface area contributed by atoms with Crippen molar-refractivity contribution in [1.82, 2.24) is 4.98 Å². The Hall–Kier alpha value is -2.02. The molecular weight excluding hydrogens is 297 g/mol. The van der Waals surface area contributed by atoms with Gasteiger partial charge in [-0.3, -0.25) is 0 Å². The Bertz CT molecular complexity index is 827. The van der Waals surface area contributed by atoms with Crippen LogP contribution in [-0.2, 0) is 0 Å². The summed E-state index contributed by atoms with van der Waals surface area (Å²) < 4.78 is 66.3. The summed E-state index contributed by atoms with van der Waals surface area (Å²) in [6.07, 6.45) is 0. The quantitative estimate of drug-likeness (QED) is 0.362. The summed E-state index contributed by atoms with van der Waals surface area (Å²) >= 11 is 0.855. The molecule has 0 radical (unpaired) electrons. The molecule has 1 nitrogen and oxygen atoms in total. The molecule has 102 valence electrons. The Morgan fingerprint density at radius 2 is 1.60 bits per heavy atom. The zero-order valence-electron chi connectivity index (χ0n) is 9.55. The number of benzene rings is 2. The van der Waals surface area contributed by atoms with Crippen LogP contribution in [0.25, 0.3) is 20.8 Å². The van der Waals surface area contributed by atoms with Gasteiger partial charge in [0.15, 0.2) is 23.3 Å². The molecule has 3 aromatic rings. The minimum atomic E-state index is -1.90. The third-order valence-electron chi connectivity index (χ3n) is 2.68. The van der Waals surface area contributed by atoms with Crippen molar-refractivity contribution in [2.75, 3.05) is 0 Å². The lowest BCUT2D eigenvalue weighted by atomic mass is 10.2. The van der Waals surface area contributed by atoms with Gasteiger partial charge in [0.2, 0.25) is 0 Å². The molecule has 0 spiro atoms. The highest BCUT2D eigenvalue weighted by Gasteiger charge is 2.21. The van der Waals surface area contributed by atoms with Crippen molar-refractivity contribution in [1.29, 1.82) is 0 Å². The number of hydrogen-bond acceptors (Lipinski definition) is 2. The summed E-state index contributed by atoms with van der Waals surface area (Å²) in [6, 6.07) is 4.22. The summed E-state index contributed by atoms with van der Waals surface area (Å²) in [5, 5.41) is -0.0547. The summed E-state index contributed by atoms with van der Waals surface area (Å²) in [4.78, 5) is 3.95. The summed E-state index contributed by atoms with van der Waals surface area (Å²) in [5.74, 6) is -7.32. The molecule has 0 aliphatic carbocycles. The molecule has 3 rings (SSSR count). The van der Waals surface area contributed by atoms with E-state index in [4.69, 9.17) is 0 Å². The van der Waals surface area contributed by atoms with Crippen molar-refractivity contribution < 1.29 is 22.0 Å². The molecule has 1 heterocycles. The molecule has 0 atom stereocenters. The number of nitrogens with zero attached hydrogens (tertiary/aromatic N) is 1. The average molecular weight is 301 g/mol. The van der Waals surface area contributed by atoms with Gasteiger partial charge in [0.1, 0.15) is 10.8 Å². The normalized spacial score (nSPS) is 11.2. The van der Waals surface area contributed by atoms with E-state index in [0.717, 1.165) is 17.4 Å². The van der Waals surface area contributed by atoms with Crippen molar-refractivity contribution in [3.63, 3.8) is 0 Å². The number of thiazole rings is 1. The molecule has 0 bridgehead atoms. The van der Waals surface area contributed by atoms with E-state index in [1.165, 1.54) is 12.1 Å². The maximum absolute atomic E-state index is 13.6. The van der Waals surface area contributed by atoms with Crippen LogP contribution >= 0.6 is 11.3 Å². The van der Waals surface area contributed by atoms with Crippen LogP contribution in [-0.4, -0.2) is 4.98 Å². The maximum Gasteiger partial charge on any atom is 0.198 e. The van der Waals surface area contributed by atoms with Crippen molar-refractivity contribution in [2.24, 2.45) is 0 Å². The van der Waals surface area contributed by atoms with Crippen molar-refractivity contribution in [2.45, 2.75) is 0 Å². The molecule has 1 aromatic heterocycles. The largest absolute Gasteiger partial charge is 0.236 e. The molecule has 7 heteroatoms. The van der Waals surface area contributed by atoms with E-state index >= 15 is 0 Å². The van der Waals surface area contributed by atoms with Crippen LogP contribution in [0.4, 0.5) is 22.0 Å². The average Bonchev–Trinajstić information content (AvgIpc) is 2.83. The van der Waals surface area contributed by atoms with E-state index in [1.807, 2.05) is 0 Å². The van der Waals surface area contributed by atoms with Crippen LogP contribution in [0, 0.1) is 29.1 Å². The first kappa shape index (κ1) is 13.0. The van der Waals surface area contributed by atoms with Gasteiger partial charge in [-0.1, -0.05) is 0 Å². The van der Waals surface area contributed by atoms with Gasteiger partial charge in [-0.25, -0.2) is 26.9 Å². The predicted molar refractivity (Wildman–Crippen MR) is 64.8 cm³/mol. The number of hydrogen-bond donors (Lipinski definition) is 0. The van der Waals surface area contributed by atoms with Crippen LogP contribution in [0.3, 0.4) is 0 Å². The Labute approximate surface area is 113 Å². The topological polar surface area (TPSA) is 12.9 Å². The second kappa shape index (κ2) is 4.52. The standard InChI is InChI=1S/C13H4F5NS/c14-5-1-2-8-9(3-5)20-13(19-8)6-4-7(15)11(17)12(18)10(6)16/h1-4H. The first-order valence-corrected chi connectivity index (χ1v) is 6.18. The lowest BCUT2D eigenvalue weighted by Gasteiger charge is -2.02. The lowest BCUT2D eigenvalue weighted by molar-refractivity contribution is 0.411. The summed E-state index contributed by atoms with van der Waals surface area (Å²) in [7, 11) is 0. The lowest BCUT2D eigenvalue weighted by Crippen LogP contribution is -1.98. The van der Waals surface area contributed by atoms with Crippen LogP contribution in [0.5, 0.6) is 0 Å². The minimum absolute atomic E-state index is 0.0547. The molecule has 2 aromatic carbocycles. The third-order valence-corrected chi connectivity index (χ3v) is 3.73. The van der Waals surface area contributed by atoms with Crippen LogP contribution in [0.15, 0.2) is 24.3 Å². The Balaban J connectivity index is 2.25. The van der Waals surface area contributed by atoms with Gasteiger partial charge >= 0.3 is 0 Å². The monoisotopic (exact) mass is 301 g/mol. The van der Waals surface area contributed by atoms with E-state index in [2.05, 4.69) is 4.98 Å². The second-order valence-electron chi connectivity index (χ2n) is 3.98. The van der Waals surface area contributed by atoms with Gasteiger partial charge < -0.3 is 0 Å². The van der Waals surface area contributed by atoms with E-state index in [0.29, 0.717) is 16.3 Å². The van der Waals surface area contributed by atoms with Crippen molar-refractivity contribution in [3.05, 3.63) is 53.4 Å². The van der Waals surface area contributed by atoms with Crippen LogP contribution in [0.1, 0.15) is 0 Å². The molecule has 0 aliphatic rings. The highest BCUT2D eigenvalue weighted by Crippen LogP contribution is 2.34. The van der Waals surface area contributed by atoms with E-state index in [-0.39, 0.29) is 5.01 Å². The fourth-order valence-corrected chi connectivity index (χ4v) is 2.74. The molecule has 0 unspecified atom stereocenters. The number of fused-ring (bicyclic) bond motifs is 1. The number of halogens is 5. The Morgan fingerprint density at radius 1 is 0.850 bits per heavy atom.